The summed E-state index contributed by atoms with van der Waals surface area (Å²) < 4.78 is 5.79. The van der Waals surface area contributed by atoms with E-state index in [9.17, 15) is 10.4 Å². The lowest BCUT2D eigenvalue weighted by atomic mass is 9.85. The number of hydrogen-bond donors (Lipinski definition) is 2. The van der Waals surface area contributed by atoms with E-state index in [1.807, 2.05) is 12.3 Å². The van der Waals surface area contributed by atoms with Gasteiger partial charge in [0.25, 0.3) is 0 Å². The number of aliphatic hydroxyl groups is 1. The molecule has 0 radical (unpaired) electrons. The second-order valence-corrected chi connectivity index (χ2v) is 5.51. The van der Waals surface area contributed by atoms with Gasteiger partial charge in [-0.2, -0.15) is 10.5 Å². The highest BCUT2D eigenvalue weighted by atomic mass is 16.5. The van der Waals surface area contributed by atoms with Crippen molar-refractivity contribution in [1.82, 2.24) is 4.90 Å². The summed E-state index contributed by atoms with van der Waals surface area (Å²) in [6.07, 6.45) is 0.915. The Kier molecular flexibility index (Phi) is 3.94. The number of aliphatic imine (C=N–C) groups is 1. The van der Waals surface area contributed by atoms with Gasteiger partial charge in [0.05, 0.1) is 11.6 Å². The molecule has 1 aliphatic rings. The van der Waals surface area contributed by atoms with E-state index in [0.717, 1.165) is 4.90 Å². The highest BCUT2D eigenvalue weighted by Crippen LogP contribution is 2.42. The molecule has 7 heteroatoms. The van der Waals surface area contributed by atoms with Crippen molar-refractivity contribution in [1.29, 1.82) is 10.5 Å². The van der Waals surface area contributed by atoms with Crippen LogP contribution in [0, 0.1) is 22.8 Å². The molecular formula is C15H17N5O2. The van der Waals surface area contributed by atoms with Crippen LogP contribution in [0.4, 0.5) is 0 Å². The van der Waals surface area contributed by atoms with Crippen molar-refractivity contribution in [3.63, 3.8) is 0 Å². The molecule has 1 aliphatic heterocycles. The summed E-state index contributed by atoms with van der Waals surface area (Å²) in [7, 11) is 1.46. The molecule has 0 unspecified atom stereocenters. The summed E-state index contributed by atoms with van der Waals surface area (Å²) in [5, 5.41) is 29.1. The van der Waals surface area contributed by atoms with Gasteiger partial charge in [0.2, 0.25) is 5.96 Å². The molecular weight excluding hydrogens is 282 g/mol. The van der Waals surface area contributed by atoms with Gasteiger partial charge >= 0.3 is 0 Å². The Bertz CT molecular complexity index is 699. The van der Waals surface area contributed by atoms with Gasteiger partial charge in [0.15, 0.2) is 6.19 Å². The Morgan fingerprint density at radius 1 is 1.45 bits per heavy atom. The summed E-state index contributed by atoms with van der Waals surface area (Å²) in [5.74, 6) is 0.487. The molecule has 0 fully saturated rings. The molecule has 22 heavy (non-hydrogen) atoms. The highest BCUT2D eigenvalue weighted by molar-refractivity contribution is 5.80. The highest BCUT2D eigenvalue weighted by Gasteiger charge is 2.46. The third kappa shape index (κ3) is 2.43. The minimum atomic E-state index is -1.03. The lowest BCUT2D eigenvalue weighted by Crippen LogP contribution is -2.54. The van der Waals surface area contributed by atoms with Crippen LogP contribution in [0.1, 0.15) is 31.0 Å². The average molecular weight is 299 g/mol. The Balaban J connectivity index is 2.66. The predicted octanol–water partition coefficient (Wildman–Crippen LogP) is 0.859. The van der Waals surface area contributed by atoms with Crippen molar-refractivity contribution in [2.24, 2.45) is 10.7 Å². The van der Waals surface area contributed by atoms with Crippen LogP contribution >= 0.6 is 0 Å². The van der Waals surface area contributed by atoms with Crippen molar-refractivity contribution in [3.05, 3.63) is 29.3 Å². The Hall–Kier alpha value is -2.77. The van der Waals surface area contributed by atoms with Crippen molar-refractivity contribution < 1.29 is 9.84 Å². The van der Waals surface area contributed by atoms with Crippen LogP contribution in [0.2, 0.25) is 0 Å². The Morgan fingerprint density at radius 2 is 2.14 bits per heavy atom. The summed E-state index contributed by atoms with van der Waals surface area (Å²) in [4.78, 5) is 4.95. The number of rotatable bonds is 1. The van der Waals surface area contributed by atoms with Gasteiger partial charge in [0.1, 0.15) is 23.5 Å². The van der Waals surface area contributed by atoms with E-state index in [1.54, 1.807) is 32.0 Å². The first-order valence-corrected chi connectivity index (χ1v) is 6.68. The lowest BCUT2D eigenvalue weighted by Gasteiger charge is -2.44. The van der Waals surface area contributed by atoms with Crippen molar-refractivity contribution in [3.8, 4) is 18.0 Å². The molecule has 0 amide bonds. The van der Waals surface area contributed by atoms with Gasteiger partial charge in [-0.05, 0) is 32.0 Å². The molecule has 0 aliphatic carbocycles. The fourth-order valence-electron chi connectivity index (χ4n) is 2.48. The third-order valence-corrected chi connectivity index (χ3v) is 3.70. The molecule has 0 saturated carbocycles. The molecule has 0 saturated heterocycles. The Morgan fingerprint density at radius 3 is 2.68 bits per heavy atom. The molecule has 0 bridgehead atoms. The van der Waals surface area contributed by atoms with Crippen LogP contribution in [0.5, 0.6) is 5.75 Å². The first kappa shape index (κ1) is 15.6. The Labute approximate surface area is 128 Å². The quantitative estimate of drug-likeness (QED) is 0.343. The summed E-state index contributed by atoms with van der Waals surface area (Å²) in [6, 6.07) is 6.12. The van der Waals surface area contributed by atoms with E-state index in [-0.39, 0.29) is 5.96 Å². The van der Waals surface area contributed by atoms with Crippen LogP contribution in [0.15, 0.2) is 23.2 Å². The number of benzene rings is 1. The fourth-order valence-corrected chi connectivity index (χ4v) is 2.48. The van der Waals surface area contributed by atoms with Gasteiger partial charge in [-0.3, -0.25) is 4.99 Å². The first-order valence-electron chi connectivity index (χ1n) is 6.68. The fraction of sp³-hybridized carbons (Fsp3) is 0.400. The van der Waals surface area contributed by atoms with E-state index in [2.05, 4.69) is 4.99 Å². The van der Waals surface area contributed by atoms with Crippen LogP contribution in [-0.2, 0) is 0 Å². The van der Waals surface area contributed by atoms with Gasteiger partial charge in [-0.1, -0.05) is 0 Å². The number of aliphatic hydroxyl groups excluding tert-OH is 1. The predicted molar refractivity (Wildman–Crippen MR) is 79.6 cm³/mol. The smallest absolute Gasteiger partial charge is 0.205 e. The van der Waals surface area contributed by atoms with Crippen LogP contribution in [0.3, 0.4) is 0 Å². The minimum absolute atomic E-state index is 0.0161. The largest absolute Gasteiger partial charge is 0.485 e. The summed E-state index contributed by atoms with van der Waals surface area (Å²) >= 11 is 0. The normalized spacial score (nSPS) is 22.7. The number of nitrogens with zero attached hydrogens (tertiary/aromatic N) is 4. The average Bonchev–Trinajstić information content (AvgIpc) is 2.50. The second-order valence-electron chi connectivity index (χ2n) is 5.51. The number of hydrogen-bond acceptors (Lipinski definition) is 5. The van der Waals surface area contributed by atoms with Gasteiger partial charge < -0.3 is 15.6 Å². The molecule has 1 aromatic carbocycles. The van der Waals surface area contributed by atoms with Crippen LogP contribution in [0.25, 0.3) is 0 Å². The van der Waals surface area contributed by atoms with Crippen LogP contribution in [-0.4, -0.2) is 34.7 Å². The topological polar surface area (TPSA) is 119 Å². The maximum absolute atomic E-state index is 10.6. The lowest BCUT2D eigenvalue weighted by molar-refractivity contribution is -0.0751. The maximum atomic E-state index is 10.6. The van der Waals surface area contributed by atoms with E-state index < -0.39 is 17.7 Å². The number of ether oxygens (including phenoxy) is 1. The minimum Gasteiger partial charge on any atom is -0.485 e. The van der Waals surface area contributed by atoms with Crippen molar-refractivity contribution >= 4 is 5.96 Å². The van der Waals surface area contributed by atoms with E-state index in [1.165, 1.54) is 7.05 Å². The van der Waals surface area contributed by atoms with Crippen molar-refractivity contribution in [2.45, 2.75) is 31.6 Å². The van der Waals surface area contributed by atoms with E-state index >= 15 is 0 Å². The molecule has 3 N–H and O–H groups in total. The molecule has 2 atom stereocenters. The monoisotopic (exact) mass is 299 g/mol. The van der Waals surface area contributed by atoms with Crippen LogP contribution < -0.4 is 10.5 Å². The van der Waals surface area contributed by atoms with Crippen molar-refractivity contribution in [2.75, 3.05) is 7.05 Å². The molecule has 0 spiro atoms. The summed E-state index contributed by atoms with van der Waals surface area (Å²) in [5.41, 5.74) is 5.79. The van der Waals surface area contributed by atoms with E-state index in [0.29, 0.717) is 16.9 Å². The third-order valence-electron chi connectivity index (χ3n) is 3.70. The second kappa shape index (κ2) is 5.55. The maximum Gasteiger partial charge on any atom is 0.205 e. The van der Waals surface area contributed by atoms with E-state index in [4.69, 9.17) is 15.7 Å². The molecule has 0 aromatic heterocycles. The SMILES string of the molecule is CN=C(N)N(C#N)[C@@H]1c2cc(C#N)ccc2OC(C)(C)[C@H]1O. The van der Waals surface area contributed by atoms with Gasteiger partial charge in [-0.25, -0.2) is 4.90 Å². The zero-order valence-corrected chi connectivity index (χ0v) is 12.6. The molecule has 1 heterocycles. The number of nitriles is 2. The molecule has 2 rings (SSSR count). The number of fused-ring (bicyclic) bond motifs is 1. The zero-order valence-electron chi connectivity index (χ0n) is 12.6. The zero-order chi connectivity index (χ0) is 16.5. The molecule has 7 nitrogen and oxygen atoms in total. The van der Waals surface area contributed by atoms with Gasteiger partial charge in [-0.15, -0.1) is 0 Å². The van der Waals surface area contributed by atoms with Gasteiger partial charge in [0, 0.05) is 12.6 Å². The molecule has 114 valence electrons. The standard InChI is InChI=1S/C15H17N5O2/c1-15(2)13(21)12(20(8-17)14(18)19-3)10-6-9(7-16)4-5-11(10)22-15/h4-6,12-13,21H,1-3H3,(H2,18,19)/t12-,13+/m1/s1. The molecule has 1 aromatic rings. The summed E-state index contributed by atoms with van der Waals surface area (Å²) in [6.45, 7) is 3.45. The first-order chi connectivity index (χ1) is 10.4. The number of nitrogens with two attached hydrogens (primary N) is 1. The number of guanidine groups is 1.